The largest absolute Gasteiger partial charge is 0.473 e. The molecule has 4 aromatic rings. The molecule has 12 nitrogen and oxygen atoms in total. The number of pyridine rings is 1. The van der Waals surface area contributed by atoms with Crippen molar-refractivity contribution in [2.75, 3.05) is 19.7 Å². The van der Waals surface area contributed by atoms with Crippen LogP contribution >= 0.6 is 0 Å². The Balaban J connectivity index is 1.01. The first-order chi connectivity index (χ1) is 24.2. The van der Waals surface area contributed by atoms with Gasteiger partial charge in [0.1, 0.15) is 18.2 Å². The molecule has 50 heavy (non-hydrogen) atoms. The number of carbonyl (C=O) groups excluding carboxylic acids is 1. The van der Waals surface area contributed by atoms with Crippen molar-refractivity contribution in [2.45, 2.75) is 87.6 Å². The van der Waals surface area contributed by atoms with Crippen LogP contribution in [-0.2, 0) is 34.5 Å². The van der Waals surface area contributed by atoms with E-state index in [4.69, 9.17) is 24.7 Å². The fraction of sp³-hybridized carbons (Fsp3) is 0.444. The molecule has 2 aromatic heterocycles. The van der Waals surface area contributed by atoms with E-state index < -0.39 is 21.9 Å². The summed E-state index contributed by atoms with van der Waals surface area (Å²) in [7, 11) is -4.09. The second kappa shape index (κ2) is 14.7. The number of fused-ring (bicyclic) bond motifs is 1. The molecule has 7 rings (SSSR count). The Kier molecular flexibility index (Phi) is 9.98. The van der Waals surface area contributed by atoms with Crippen molar-refractivity contribution >= 4 is 27.1 Å². The SMILES string of the molecule is N#Cc1ccc(COc2cccc(C3CCN(Cc4nc5ccc(S(=O)(=O)NC(=O)NC6CCCC6)cc5n4C[C@@H]4CCO4)CC3)n2)c(F)c1. The average Bonchev–Trinajstić information content (AvgIpc) is 3.72. The minimum atomic E-state index is -4.09. The molecule has 2 aliphatic heterocycles. The van der Waals surface area contributed by atoms with Crippen LogP contribution in [-0.4, -0.2) is 65.7 Å². The number of hydrogen-bond acceptors (Lipinski definition) is 9. The fourth-order valence-electron chi connectivity index (χ4n) is 6.95. The van der Waals surface area contributed by atoms with Gasteiger partial charge in [-0.3, -0.25) is 4.90 Å². The molecule has 3 fully saturated rings. The third-order valence-corrected chi connectivity index (χ3v) is 11.2. The highest BCUT2D eigenvalue weighted by Crippen LogP contribution is 2.30. The van der Waals surface area contributed by atoms with Gasteiger partial charge in [-0.1, -0.05) is 25.0 Å². The number of ether oxygens (including phenoxy) is 2. The van der Waals surface area contributed by atoms with E-state index >= 15 is 0 Å². The molecular weight excluding hydrogens is 662 g/mol. The number of likely N-dealkylation sites (tertiary alicyclic amines) is 1. The Labute approximate surface area is 290 Å². The van der Waals surface area contributed by atoms with Crippen LogP contribution in [0.4, 0.5) is 9.18 Å². The van der Waals surface area contributed by atoms with Crippen molar-refractivity contribution in [3.63, 3.8) is 0 Å². The lowest BCUT2D eigenvalue weighted by Gasteiger charge is -2.32. The first-order valence-electron chi connectivity index (χ1n) is 17.2. The lowest BCUT2D eigenvalue weighted by atomic mass is 9.93. The average molecular weight is 702 g/mol. The minimum absolute atomic E-state index is 0.00197. The second-order valence-electron chi connectivity index (χ2n) is 13.3. The molecule has 2 saturated heterocycles. The molecule has 2 amide bonds. The number of imidazole rings is 1. The normalized spacial score (nSPS) is 18.8. The number of halogens is 1. The van der Waals surface area contributed by atoms with Crippen LogP contribution in [0.25, 0.3) is 11.0 Å². The van der Waals surface area contributed by atoms with Crippen LogP contribution in [0, 0.1) is 17.1 Å². The number of piperidine rings is 1. The highest BCUT2D eigenvalue weighted by atomic mass is 32.2. The van der Waals surface area contributed by atoms with Crippen LogP contribution in [0.5, 0.6) is 5.88 Å². The quantitative estimate of drug-likeness (QED) is 0.217. The van der Waals surface area contributed by atoms with Gasteiger partial charge in [0.2, 0.25) is 5.88 Å². The number of amides is 2. The van der Waals surface area contributed by atoms with Gasteiger partial charge in [-0.25, -0.2) is 32.3 Å². The summed E-state index contributed by atoms with van der Waals surface area (Å²) in [4.78, 5) is 24.5. The predicted octanol–water partition coefficient (Wildman–Crippen LogP) is 5.12. The van der Waals surface area contributed by atoms with Gasteiger partial charge >= 0.3 is 6.03 Å². The summed E-state index contributed by atoms with van der Waals surface area (Å²) in [5, 5.41) is 11.8. The summed E-state index contributed by atoms with van der Waals surface area (Å²) in [5.74, 6) is 1.00. The minimum Gasteiger partial charge on any atom is -0.473 e. The number of rotatable bonds is 11. The molecule has 262 valence electrons. The Morgan fingerprint density at radius 2 is 1.84 bits per heavy atom. The number of carbonyl (C=O) groups is 1. The van der Waals surface area contributed by atoms with Gasteiger partial charge in [0, 0.05) is 35.9 Å². The Morgan fingerprint density at radius 3 is 2.56 bits per heavy atom. The highest BCUT2D eigenvalue weighted by Gasteiger charge is 2.28. The van der Waals surface area contributed by atoms with E-state index in [9.17, 15) is 17.6 Å². The summed E-state index contributed by atoms with van der Waals surface area (Å²) in [6.45, 7) is 3.49. The number of benzene rings is 2. The monoisotopic (exact) mass is 701 g/mol. The number of aromatic nitrogens is 3. The topological polar surface area (TPSA) is 151 Å². The number of nitrogens with zero attached hydrogens (tertiary/aromatic N) is 5. The number of urea groups is 1. The lowest BCUT2D eigenvalue weighted by molar-refractivity contribution is -0.0592. The van der Waals surface area contributed by atoms with E-state index in [0.717, 1.165) is 69.6 Å². The van der Waals surface area contributed by atoms with Gasteiger partial charge in [0.25, 0.3) is 10.0 Å². The molecule has 1 aliphatic carbocycles. The van der Waals surface area contributed by atoms with E-state index in [0.29, 0.717) is 42.2 Å². The molecule has 14 heteroatoms. The summed E-state index contributed by atoms with van der Waals surface area (Å²) >= 11 is 0. The summed E-state index contributed by atoms with van der Waals surface area (Å²) in [6, 6.07) is 16.0. The van der Waals surface area contributed by atoms with E-state index in [2.05, 4.69) is 19.5 Å². The summed E-state index contributed by atoms with van der Waals surface area (Å²) in [5.41, 5.74) is 2.92. The number of nitriles is 1. The third kappa shape index (κ3) is 7.75. The summed E-state index contributed by atoms with van der Waals surface area (Å²) < 4.78 is 56.6. The van der Waals surface area contributed by atoms with Gasteiger partial charge in [-0.15, -0.1) is 0 Å². The maximum Gasteiger partial charge on any atom is 0.328 e. The fourth-order valence-corrected chi connectivity index (χ4v) is 7.89. The van der Waals surface area contributed by atoms with Crippen LogP contribution in [0.3, 0.4) is 0 Å². The first-order valence-corrected chi connectivity index (χ1v) is 18.7. The molecule has 0 bridgehead atoms. The van der Waals surface area contributed by atoms with E-state index in [1.165, 1.54) is 12.1 Å². The molecule has 3 aliphatic rings. The second-order valence-corrected chi connectivity index (χ2v) is 15.0. The smallest absolute Gasteiger partial charge is 0.328 e. The van der Waals surface area contributed by atoms with Crippen molar-refractivity contribution in [1.29, 1.82) is 5.26 Å². The molecule has 0 spiro atoms. The lowest BCUT2D eigenvalue weighted by Crippen LogP contribution is -2.43. The van der Waals surface area contributed by atoms with Crippen LogP contribution in [0.1, 0.15) is 73.5 Å². The molecular formula is C36H40FN7O5S. The van der Waals surface area contributed by atoms with Crippen molar-refractivity contribution < 1.29 is 27.1 Å². The van der Waals surface area contributed by atoms with Gasteiger partial charge in [0.05, 0.1) is 46.8 Å². The zero-order valence-electron chi connectivity index (χ0n) is 27.7. The number of sulfonamides is 1. The maximum absolute atomic E-state index is 14.3. The molecule has 2 N–H and O–H groups in total. The standard InChI is InChI=1S/C36H40FN7O5S/c37-30-18-24(20-38)8-9-26(30)23-49-35-7-3-6-31(41-35)25-12-15-43(16-13-25)22-34-40-32-11-10-29(19-33(32)44(34)21-28-14-17-48-28)50(46,47)42-36(45)39-27-4-1-2-5-27/h3,6-11,18-19,25,27-28H,1-2,4-5,12-17,21-23H2,(H2,39,42,45)/t28-/m0/s1. The van der Waals surface area contributed by atoms with Crippen LogP contribution in [0.2, 0.25) is 0 Å². The van der Waals surface area contributed by atoms with Crippen molar-refractivity contribution in [3.8, 4) is 11.9 Å². The van der Waals surface area contributed by atoms with E-state index in [-0.39, 0.29) is 35.1 Å². The molecule has 0 radical (unpaired) electrons. The van der Waals surface area contributed by atoms with Crippen LogP contribution in [0.15, 0.2) is 59.5 Å². The third-order valence-electron chi connectivity index (χ3n) is 9.88. The number of nitrogens with one attached hydrogen (secondary N) is 2. The van der Waals surface area contributed by atoms with Gasteiger partial charge in [-0.05, 0) is 81.6 Å². The molecule has 4 heterocycles. The predicted molar refractivity (Wildman–Crippen MR) is 182 cm³/mol. The Hall–Kier alpha value is -4.58. The van der Waals surface area contributed by atoms with Crippen LogP contribution < -0.4 is 14.8 Å². The van der Waals surface area contributed by atoms with Crippen molar-refractivity contribution in [3.05, 3.63) is 83.1 Å². The van der Waals surface area contributed by atoms with Crippen molar-refractivity contribution in [2.24, 2.45) is 0 Å². The van der Waals surface area contributed by atoms with Gasteiger partial charge < -0.3 is 19.4 Å². The summed E-state index contributed by atoms with van der Waals surface area (Å²) in [6.07, 6.45) is 6.46. The van der Waals surface area contributed by atoms with Crippen molar-refractivity contribution in [1.82, 2.24) is 29.5 Å². The molecule has 1 atom stereocenters. The molecule has 1 saturated carbocycles. The molecule has 0 unspecified atom stereocenters. The Bertz CT molecular complexity index is 2010. The Morgan fingerprint density at radius 1 is 1.04 bits per heavy atom. The van der Waals surface area contributed by atoms with E-state index in [1.54, 1.807) is 30.3 Å². The zero-order chi connectivity index (χ0) is 34.7. The maximum atomic E-state index is 14.3. The molecule has 2 aromatic carbocycles. The van der Waals surface area contributed by atoms with Gasteiger partial charge in [-0.2, -0.15) is 5.26 Å². The first kappa shape index (κ1) is 33.9. The van der Waals surface area contributed by atoms with E-state index in [1.807, 2.05) is 18.2 Å². The van der Waals surface area contributed by atoms with Gasteiger partial charge in [0.15, 0.2) is 0 Å². The highest BCUT2D eigenvalue weighted by molar-refractivity contribution is 7.90. The number of hydrogen-bond donors (Lipinski definition) is 2. The zero-order valence-corrected chi connectivity index (χ0v) is 28.5.